The van der Waals surface area contributed by atoms with E-state index in [1.165, 1.54) is 22.3 Å². The van der Waals surface area contributed by atoms with E-state index in [2.05, 4.69) is 10.2 Å². The maximum atomic E-state index is 15.0. The first-order valence-electron chi connectivity index (χ1n) is 10.1. The van der Waals surface area contributed by atoms with Crippen molar-refractivity contribution in [1.29, 1.82) is 0 Å². The van der Waals surface area contributed by atoms with Crippen molar-refractivity contribution < 1.29 is 18.7 Å². The molecule has 160 valence electrons. The minimum atomic E-state index is -0.706. The van der Waals surface area contributed by atoms with Crippen molar-refractivity contribution in [3.8, 4) is 10.6 Å². The van der Waals surface area contributed by atoms with Crippen molar-refractivity contribution in [2.45, 2.75) is 13.0 Å². The molecule has 2 aromatic heterocycles. The van der Waals surface area contributed by atoms with E-state index in [-0.39, 0.29) is 18.2 Å². The second kappa shape index (κ2) is 8.05. The van der Waals surface area contributed by atoms with Gasteiger partial charge in [-0.05, 0) is 48.7 Å². The molecule has 3 heterocycles. The number of carbonyl (C=O) groups is 2. The van der Waals surface area contributed by atoms with Gasteiger partial charge in [0.05, 0.1) is 28.8 Å². The molecular weight excluding hydrogens is 429 g/mol. The van der Waals surface area contributed by atoms with E-state index in [9.17, 15) is 14.0 Å². The zero-order chi connectivity index (χ0) is 22.2. The molecule has 0 bridgehead atoms. The quantitative estimate of drug-likeness (QED) is 0.427. The molecule has 6 nitrogen and oxygen atoms in total. The van der Waals surface area contributed by atoms with Crippen LogP contribution < -0.4 is 4.90 Å². The number of nitrogens with zero attached hydrogens (tertiary/aromatic N) is 2. The Kier molecular flexibility index (Phi) is 5.07. The highest BCUT2D eigenvalue weighted by molar-refractivity contribution is 7.13. The van der Waals surface area contributed by atoms with Crippen molar-refractivity contribution in [1.82, 2.24) is 10.2 Å². The van der Waals surface area contributed by atoms with Crippen LogP contribution >= 0.6 is 11.3 Å². The third-order valence-electron chi connectivity index (χ3n) is 5.38. The molecule has 0 unspecified atom stereocenters. The predicted octanol–water partition coefficient (Wildman–Crippen LogP) is 5.20. The fourth-order valence-corrected chi connectivity index (χ4v) is 4.71. The van der Waals surface area contributed by atoms with E-state index in [1.807, 2.05) is 17.5 Å². The minimum Gasteiger partial charge on any atom is -0.462 e. The number of hydrogen-bond acceptors (Lipinski definition) is 5. The summed E-state index contributed by atoms with van der Waals surface area (Å²) >= 11 is 1.51. The van der Waals surface area contributed by atoms with Crippen molar-refractivity contribution in [3.05, 3.63) is 94.2 Å². The number of carbonyl (C=O) groups excluding carboxylic acids is 2. The molecular formula is C24H18FN3O3S. The van der Waals surface area contributed by atoms with E-state index in [0.717, 1.165) is 4.88 Å². The molecule has 1 aliphatic rings. The first-order valence-corrected chi connectivity index (χ1v) is 11.0. The van der Waals surface area contributed by atoms with Crippen molar-refractivity contribution in [2.24, 2.45) is 0 Å². The van der Waals surface area contributed by atoms with Crippen LogP contribution in [0.5, 0.6) is 0 Å². The van der Waals surface area contributed by atoms with E-state index in [0.29, 0.717) is 28.1 Å². The Bertz CT molecular complexity index is 1300. The lowest BCUT2D eigenvalue weighted by Crippen LogP contribution is -2.29. The second-order valence-corrected chi connectivity index (χ2v) is 8.15. The third kappa shape index (κ3) is 3.20. The van der Waals surface area contributed by atoms with E-state index < -0.39 is 17.8 Å². The van der Waals surface area contributed by atoms with Crippen LogP contribution in [-0.2, 0) is 4.74 Å². The smallest absolute Gasteiger partial charge is 0.338 e. The Morgan fingerprint density at radius 3 is 2.62 bits per heavy atom. The number of hydrogen-bond donors (Lipinski definition) is 1. The Hall–Kier alpha value is -3.78. The Labute approximate surface area is 187 Å². The molecule has 0 aliphatic carbocycles. The topological polar surface area (TPSA) is 75.3 Å². The summed E-state index contributed by atoms with van der Waals surface area (Å²) in [6.45, 7) is 2.01. The normalized spacial score (nSPS) is 15.1. The lowest BCUT2D eigenvalue weighted by Gasteiger charge is -2.27. The number of fused-ring (bicyclic) bond motifs is 1. The molecule has 4 aromatic rings. The number of amides is 1. The maximum Gasteiger partial charge on any atom is 0.338 e. The summed E-state index contributed by atoms with van der Waals surface area (Å²) < 4.78 is 20.0. The van der Waals surface area contributed by atoms with Gasteiger partial charge < -0.3 is 4.74 Å². The van der Waals surface area contributed by atoms with Crippen LogP contribution in [0.15, 0.2) is 66.0 Å². The predicted molar refractivity (Wildman–Crippen MR) is 119 cm³/mol. The largest absolute Gasteiger partial charge is 0.462 e. The Morgan fingerprint density at radius 2 is 1.94 bits per heavy atom. The van der Waals surface area contributed by atoms with Gasteiger partial charge in [-0.25, -0.2) is 9.18 Å². The summed E-state index contributed by atoms with van der Waals surface area (Å²) in [6, 6.07) is 16.1. The van der Waals surface area contributed by atoms with Crippen LogP contribution in [0, 0.1) is 5.82 Å². The third-order valence-corrected chi connectivity index (χ3v) is 6.27. The van der Waals surface area contributed by atoms with Crippen molar-refractivity contribution >= 4 is 28.9 Å². The summed E-state index contributed by atoms with van der Waals surface area (Å²) in [4.78, 5) is 27.9. The lowest BCUT2D eigenvalue weighted by molar-refractivity contribution is 0.0526. The molecule has 8 heteroatoms. The van der Waals surface area contributed by atoms with Gasteiger partial charge in [-0.15, -0.1) is 11.3 Å². The van der Waals surface area contributed by atoms with Crippen molar-refractivity contribution in [3.63, 3.8) is 0 Å². The van der Waals surface area contributed by atoms with Gasteiger partial charge in [-0.3, -0.25) is 14.8 Å². The zero-order valence-electron chi connectivity index (χ0n) is 17.0. The standard InChI is InChI=1S/C24H18FN3O3S/c1-2-31-24(30)14-9-11-15(12-10-14)28-22(16-6-3-4-7-17(16)25)19-20(18-8-5-13-32-18)26-27-21(19)23(28)29/h3-13,22H,2H2,1H3,(H,26,27)/t22-/m1/s1. The maximum absolute atomic E-state index is 15.0. The van der Waals surface area contributed by atoms with Crippen molar-refractivity contribution in [2.75, 3.05) is 11.5 Å². The van der Waals surface area contributed by atoms with Crippen LogP contribution in [0.3, 0.4) is 0 Å². The Morgan fingerprint density at radius 1 is 1.16 bits per heavy atom. The molecule has 2 aromatic carbocycles. The van der Waals surface area contributed by atoms with Gasteiger partial charge in [-0.2, -0.15) is 5.10 Å². The van der Waals surface area contributed by atoms with Gasteiger partial charge in [0, 0.05) is 16.8 Å². The lowest BCUT2D eigenvalue weighted by atomic mass is 9.97. The summed E-state index contributed by atoms with van der Waals surface area (Å²) in [7, 11) is 0. The number of halogens is 1. The Balaban J connectivity index is 1.65. The number of benzene rings is 2. The molecule has 5 rings (SSSR count). The zero-order valence-corrected chi connectivity index (χ0v) is 17.9. The number of anilines is 1. The SMILES string of the molecule is CCOC(=O)c1ccc(N2C(=O)c3n[nH]c(-c4cccs4)c3[C@H]2c2ccccc2F)cc1. The second-order valence-electron chi connectivity index (χ2n) is 7.20. The van der Waals surface area contributed by atoms with Gasteiger partial charge in [-0.1, -0.05) is 24.3 Å². The molecule has 1 N–H and O–H groups in total. The fraction of sp³-hybridized carbons (Fsp3) is 0.125. The highest BCUT2D eigenvalue weighted by atomic mass is 32.1. The van der Waals surface area contributed by atoms with Crippen LogP contribution in [0.2, 0.25) is 0 Å². The average Bonchev–Trinajstić information content (AvgIpc) is 3.52. The molecule has 1 amide bonds. The molecule has 32 heavy (non-hydrogen) atoms. The number of aromatic amines is 1. The highest BCUT2D eigenvalue weighted by Gasteiger charge is 2.44. The van der Waals surface area contributed by atoms with Gasteiger partial charge in [0.15, 0.2) is 5.69 Å². The molecule has 0 spiro atoms. The number of esters is 1. The fourth-order valence-electron chi connectivity index (χ4n) is 3.98. The van der Waals surface area contributed by atoms with Gasteiger partial charge in [0.25, 0.3) is 5.91 Å². The average molecular weight is 447 g/mol. The van der Waals surface area contributed by atoms with E-state index in [4.69, 9.17) is 4.74 Å². The summed E-state index contributed by atoms with van der Waals surface area (Å²) in [5.74, 6) is -1.19. The molecule has 0 radical (unpaired) electrons. The molecule has 0 saturated heterocycles. The monoisotopic (exact) mass is 447 g/mol. The summed E-state index contributed by atoms with van der Waals surface area (Å²) in [5.41, 5.74) is 2.87. The number of H-pyrrole nitrogens is 1. The van der Waals surface area contributed by atoms with Crippen LogP contribution in [0.25, 0.3) is 10.6 Å². The number of nitrogens with one attached hydrogen (secondary N) is 1. The highest BCUT2D eigenvalue weighted by Crippen LogP contribution is 2.46. The number of rotatable bonds is 5. The molecule has 0 fully saturated rings. The van der Waals surface area contributed by atoms with Crippen LogP contribution in [0.1, 0.15) is 44.9 Å². The van der Waals surface area contributed by atoms with E-state index in [1.54, 1.807) is 49.4 Å². The van der Waals surface area contributed by atoms with Gasteiger partial charge in [0.2, 0.25) is 0 Å². The molecule has 1 atom stereocenters. The first-order chi connectivity index (χ1) is 15.6. The number of ether oxygens (including phenoxy) is 1. The number of thiophene rings is 1. The van der Waals surface area contributed by atoms with Crippen LogP contribution in [-0.4, -0.2) is 28.7 Å². The van der Waals surface area contributed by atoms with Crippen LogP contribution in [0.4, 0.5) is 10.1 Å². The summed E-state index contributed by atoms with van der Waals surface area (Å²) in [5, 5.41) is 9.18. The van der Waals surface area contributed by atoms with E-state index >= 15 is 0 Å². The van der Waals surface area contributed by atoms with Gasteiger partial charge >= 0.3 is 5.97 Å². The number of aromatic nitrogens is 2. The molecule has 1 aliphatic heterocycles. The first kappa shape index (κ1) is 20.1. The molecule has 0 saturated carbocycles. The summed E-state index contributed by atoms with van der Waals surface area (Å²) in [6.07, 6.45) is 0. The minimum absolute atomic E-state index is 0.260. The van der Waals surface area contributed by atoms with Gasteiger partial charge in [0.1, 0.15) is 5.82 Å².